The second-order valence-electron chi connectivity index (χ2n) is 6.51. The summed E-state index contributed by atoms with van der Waals surface area (Å²) in [5.74, 6) is -4.14. The Hall–Kier alpha value is -2.07. The van der Waals surface area contributed by atoms with Gasteiger partial charge in [0.05, 0.1) is 22.7 Å². The van der Waals surface area contributed by atoms with Crippen LogP contribution >= 0.6 is 12.6 Å². The predicted molar refractivity (Wildman–Crippen MR) is 94.8 cm³/mol. The first-order valence-corrected chi connectivity index (χ1v) is 8.69. The van der Waals surface area contributed by atoms with Crippen molar-refractivity contribution in [3.05, 3.63) is 47.3 Å². The summed E-state index contributed by atoms with van der Waals surface area (Å²) in [5.41, 5.74) is 0.305. The molecule has 0 radical (unpaired) electrons. The molecule has 2 heterocycles. The number of thiol groups is 1. The number of benzene rings is 1. The third-order valence-corrected chi connectivity index (χ3v) is 5.42. The number of aryl methyl sites for hydroxylation is 1. The lowest BCUT2D eigenvalue weighted by atomic mass is 9.91. The zero-order chi connectivity index (χ0) is 19.9. The molecule has 1 fully saturated rings. The van der Waals surface area contributed by atoms with Gasteiger partial charge in [0.15, 0.2) is 11.6 Å². The molecule has 1 N–H and O–H groups in total. The van der Waals surface area contributed by atoms with Crippen LogP contribution in [-0.2, 0) is 4.79 Å². The van der Waals surface area contributed by atoms with Gasteiger partial charge in [0.25, 0.3) is 0 Å². The van der Waals surface area contributed by atoms with E-state index in [0.717, 1.165) is 6.07 Å². The van der Waals surface area contributed by atoms with Gasteiger partial charge < -0.3 is 5.32 Å². The average molecular weight is 402 g/mol. The second-order valence-corrected chi connectivity index (χ2v) is 7.04. The van der Waals surface area contributed by atoms with Crippen LogP contribution in [0.15, 0.2) is 24.3 Å². The summed E-state index contributed by atoms with van der Waals surface area (Å²) < 4.78 is 53.9. The first kappa shape index (κ1) is 19.7. The van der Waals surface area contributed by atoms with Gasteiger partial charge in [0.2, 0.25) is 5.91 Å². The number of likely N-dealkylation sites (N-methyl/N-ethyl adjacent to an activating group) is 1. The predicted octanol–water partition coefficient (Wildman–Crippen LogP) is 3.40. The summed E-state index contributed by atoms with van der Waals surface area (Å²) in [4.78, 5) is 14.6. The molecule has 2 aromatic rings. The minimum atomic E-state index is -2.79. The fourth-order valence-electron chi connectivity index (χ4n) is 3.32. The van der Waals surface area contributed by atoms with Gasteiger partial charge in [0.1, 0.15) is 0 Å². The molecule has 1 aliphatic rings. The molecular formula is C17H18F4N4OS. The summed E-state index contributed by atoms with van der Waals surface area (Å²) in [6.07, 6.45) is 0. The Morgan fingerprint density at radius 2 is 2.07 bits per heavy atom. The van der Waals surface area contributed by atoms with E-state index in [-0.39, 0.29) is 11.4 Å². The number of likely N-dealkylation sites (tertiary alicyclic amines) is 1. The minimum absolute atomic E-state index is 0.264. The summed E-state index contributed by atoms with van der Waals surface area (Å²) in [6, 6.07) is 4.96. The third-order valence-electron chi connectivity index (χ3n) is 4.71. The molecule has 3 unspecified atom stereocenters. The fourth-order valence-corrected chi connectivity index (χ4v) is 3.75. The number of carbonyl (C=O) groups is 1. The first-order valence-electron chi connectivity index (χ1n) is 8.18. The molecule has 0 aliphatic carbocycles. The van der Waals surface area contributed by atoms with Crippen LogP contribution in [0.5, 0.6) is 0 Å². The molecule has 1 amide bonds. The van der Waals surface area contributed by atoms with E-state index in [1.54, 1.807) is 11.9 Å². The molecule has 3 atom stereocenters. The monoisotopic (exact) mass is 402 g/mol. The minimum Gasteiger partial charge on any atom is -0.323 e. The number of halogens is 4. The number of carbonyl (C=O) groups excluding carboxylic acids is 1. The van der Waals surface area contributed by atoms with Gasteiger partial charge in [-0.25, -0.2) is 13.5 Å². The van der Waals surface area contributed by atoms with E-state index in [1.165, 1.54) is 25.1 Å². The topological polar surface area (TPSA) is 50.2 Å². The van der Waals surface area contributed by atoms with Crippen molar-refractivity contribution in [3.63, 3.8) is 0 Å². The molecule has 0 saturated carbocycles. The summed E-state index contributed by atoms with van der Waals surface area (Å²) in [6.45, 7) is -0.938. The van der Waals surface area contributed by atoms with Gasteiger partial charge in [-0.15, -0.1) is 0 Å². The van der Waals surface area contributed by atoms with Crippen LogP contribution in [0, 0.1) is 24.5 Å². The highest BCUT2D eigenvalue weighted by atomic mass is 32.1. The van der Waals surface area contributed by atoms with Gasteiger partial charge in [-0.05, 0) is 32.2 Å². The number of nitrogens with zero attached hydrogens (tertiary/aromatic N) is 3. The number of rotatable bonds is 4. The Morgan fingerprint density at radius 1 is 1.37 bits per heavy atom. The Labute approximate surface area is 158 Å². The third kappa shape index (κ3) is 3.68. The highest BCUT2D eigenvalue weighted by molar-refractivity contribution is 7.80. The van der Waals surface area contributed by atoms with Crippen molar-refractivity contribution in [1.29, 1.82) is 0 Å². The lowest BCUT2D eigenvalue weighted by molar-refractivity contribution is -0.120. The Balaban J connectivity index is 1.90. The zero-order valence-electron chi connectivity index (χ0n) is 14.5. The van der Waals surface area contributed by atoms with E-state index < -0.39 is 41.3 Å². The maximum atomic E-state index is 13.9. The number of hydrogen-bond donors (Lipinski definition) is 2. The SMILES string of the molecule is Cc1cc(C2CN(C)C(S)C2C(=O)Nc2cccc(F)c2F)nn1C(F)F. The normalized spacial score (nSPS) is 23.2. The molecule has 27 heavy (non-hydrogen) atoms. The van der Waals surface area contributed by atoms with Gasteiger partial charge >= 0.3 is 6.55 Å². The fraction of sp³-hybridized carbons (Fsp3) is 0.412. The zero-order valence-corrected chi connectivity index (χ0v) is 15.4. The van der Waals surface area contributed by atoms with Crippen LogP contribution < -0.4 is 5.32 Å². The standard InChI is InChI=1S/C17H18F4N4OS/c1-8-6-12(23-25(8)17(20)21)9-7-24(2)16(27)13(9)15(26)22-11-5-3-4-10(18)14(11)19/h3-6,9,13,16-17,27H,7H2,1-2H3,(H,22,26). The number of hydrogen-bond acceptors (Lipinski definition) is 4. The molecule has 1 aromatic heterocycles. The van der Waals surface area contributed by atoms with Crippen LogP contribution in [0.3, 0.4) is 0 Å². The molecule has 146 valence electrons. The van der Waals surface area contributed by atoms with Gasteiger partial charge in [0, 0.05) is 18.2 Å². The van der Waals surface area contributed by atoms with Crippen LogP contribution in [0.4, 0.5) is 23.2 Å². The summed E-state index contributed by atoms with van der Waals surface area (Å²) >= 11 is 4.43. The van der Waals surface area contributed by atoms with Crippen molar-refractivity contribution in [2.75, 3.05) is 18.9 Å². The van der Waals surface area contributed by atoms with Gasteiger partial charge in [-0.3, -0.25) is 9.69 Å². The number of amides is 1. The number of nitrogens with one attached hydrogen (secondary N) is 1. The van der Waals surface area contributed by atoms with Crippen molar-refractivity contribution < 1.29 is 22.4 Å². The molecule has 0 spiro atoms. The van der Waals surface area contributed by atoms with Crippen molar-refractivity contribution in [2.45, 2.75) is 24.8 Å². The van der Waals surface area contributed by atoms with Crippen LogP contribution in [-0.4, -0.2) is 39.6 Å². The van der Waals surface area contributed by atoms with Crippen molar-refractivity contribution in [2.24, 2.45) is 5.92 Å². The van der Waals surface area contributed by atoms with Crippen LogP contribution in [0.25, 0.3) is 0 Å². The van der Waals surface area contributed by atoms with E-state index in [4.69, 9.17) is 0 Å². The lowest BCUT2D eigenvalue weighted by Crippen LogP contribution is -2.33. The number of alkyl halides is 2. The van der Waals surface area contributed by atoms with Crippen LogP contribution in [0.2, 0.25) is 0 Å². The first-order chi connectivity index (χ1) is 12.7. The van der Waals surface area contributed by atoms with E-state index in [0.29, 0.717) is 16.9 Å². The van der Waals surface area contributed by atoms with Crippen molar-refractivity contribution in [1.82, 2.24) is 14.7 Å². The summed E-state index contributed by atoms with van der Waals surface area (Å²) in [5, 5.41) is 5.76. The summed E-state index contributed by atoms with van der Waals surface area (Å²) in [7, 11) is 1.73. The van der Waals surface area contributed by atoms with E-state index in [9.17, 15) is 22.4 Å². The Bertz CT molecular complexity index is 859. The number of anilines is 1. The second kappa shape index (κ2) is 7.51. The highest BCUT2D eigenvalue weighted by Gasteiger charge is 2.45. The Morgan fingerprint density at radius 3 is 2.70 bits per heavy atom. The molecular weight excluding hydrogens is 384 g/mol. The Kier molecular flexibility index (Phi) is 5.48. The number of aromatic nitrogens is 2. The average Bonchev–Trinajstić information content (AvgIpc) is 3.12. The van der Waals surface area contributed by atoms with Gasteiger partial charge in [-0.2, -0.15) is 26.5 Å². The highest BCUT2D eigenvalue weighted by Crippen LogP contribution is 2.39. The molecule has 1 aliphatic heterocycles. The largest absolute Gasteiger partial charge is 0.333 e. The van der Waals surface area contributed by atoms with Crippen molar-refractivity contribution in [3.8, 4) is 0 Å². The molecule has 3 rings (SSSR count). The quantitative estimate of drug-likeness (QED) is 0.609. The lowest BCUT2D eigenvalue weighted by Gasteiger charge is -2.21. The van der Waals surface area contributed by atoms with E-state index in [2.05, 4.69) is 23.0 Å². The molecule has 1 aromatic carbocycles. The van der Waals surface area contributed by atoms with E-state index in [1.807, 2.05) is 0 Å². The van der Waals surface area contributed by atoms with Crippen molar-refractivity contribution >= 4 is 24.2 Å². The van der Waals surface area contributed by atoms with Gasteiger partial charge in [-0.1, -0.05) is 6.07 Å². The molecule has 1 saturated heterocycles. The maximum absolute atomic E-state index is 13.9. The van der Waals surface area contributed by atoms with Crippen LogP contribution in [0.1, 0.15) is 23.9 Å². The maximum Gasteiger partial charge on any atom is 0.333 e. The van der Waals surface area contributed by atoms with E-state index >= 15 is 0 Å². The smallest absolute Gasteiger partial charge is 0.323 e. The molecule has 5 nitrogen and oxygen atoms in total. The molecule has 0 bridgehead atoms. The molecule has 10 heteroatoms.